The van der Waals surface area contributed by atoms with Gasteiger partial charge in [0.1, 0.15) is 10.7 Å². The van der Waals surface area contributed by atoms with Crippen molar-refractivity contribution >= 4 is 50.8 Å². The highest BCUT2D eigenvalue weighted by molar-refractivity contribution is 7.24. The average molecular weight is 567 g/mol. The van der Waals surface area contributed by atoms with Gasteiger partial charge in [0.25, 0.3) is 0 Å². The summed E-state index contributed by atoms with van der Waals surface area (Å²) in [5, 5.41) is 5.71. The molecule has 7 rings (SSSR count). The number of para-hydroxylation sites is 2. The lowest BCUT2D eigenvalue weighted by Gasteiger charge is -2.23. The number of hydrogen-bond donors (Lipinski definition) is 0. The molecule has 5 heteroatoms. The van der Waals surface area contributed by atoms with Crippen LogP contribution in [0.4, 0.5) is 16.4 Å². The van der Waals surface area contributed by atoms with Gasteiger partial charge in [0.2, 0.25) is 0 Å². The van der Waals surface area contributed by atoms with E-state index in [4.69, 9.17) is 4.84 Å². The maximum atomic E-state index is 6.02. The van der Waals surface area contributed by atoms with E-state index in [2.05, 4.69) is 125 Å². The van der Waals surface area contributed by atoms with Crippen molar-refractivity contribution < 1.29 is 4.84 Å². The molecule has 2 aromatic heterocycles. The highest BCUT2D eigenvalue weighted by Crippen LogP contribution is 2.44. The maximum Gasteiger partial charge on any atom is 0.180 e. The zero-order chi connectivity index (χ0) is 27.4. The molecule has 1 aliphatic rings. The highest BCUT2D eigenvalue weighted by atomic mass is 32.1. The van der Waals surface area contributed by atoms with Crippen molar-refractivity contribution in [2.24, 2.45) is 5.16 Å². The minimum Gasteiger partial charge on any atom is -0.382 e. The first kappa shape index (κ1) is 25.3. The van der Waals surface area contributed by atoms with Crippen molar-refractivity contribution in [1.82, 2.24) is 0 Å². The van der Waals surface area contributed by atoms with Gasteiger partial charge in [-0.15, -0.1) is 22.7 Å². The summed E-state index contributed by atoms with van der Waals surface area (Å²) < 4.78 is 0. The Labute approximate surface area is 247 Å². The summed E-state index contributed by atoms with van der Waals surface area (Å²) >= 11 is 3.59. The second-order valence-corrected chi connectivity index (χ2v) is 11.8. The van der Waals surface area contributed by atoms with E-state index in [0.717, 1.165) is 33.8 Å². The zero-order valence-corrected chi connectivity index (χ0v) is 23.8. The standard InChI is InChI=1S/C36H26N2OS2/c1-5-13-26(14-6-1)35-31(36(39-37-35)27-15-7-2-8-16-27)25-30-21-22-32(40-30)33-23-24-34(41-33)38(28-17-9-3-10-18-28)29-19-11-4-12-20-29/h1-25,36H/b31-25-. The van der Waals surface area contributed by atoms with E-state index in [1.807, 2.05) is 36.4 Å². The number of hydrogen-bond acceptors (Lipinski definition) is 5. The van der Waals surface area contributed by atoms with Gasteiger partial charge in [-0.1, -0.05) is 102 Å². The first-order chi connectivity index (χ1) is 20.3. The monoisotopic (exact) mass is 566 g/mol. The van der Waals surface area contributed by atoms with Gasteiger partial charge < -0.3 is 9.74 Å². The summed E-state index contributed by atoms with van der Waals surface area (Å²) in [7, 11) is 0. The molecule has 0 N–H and O–H groups in total. The third-order valence-corrected chi connectivity index (χ3v) is 9.26. The summed E-state index contributed by atoms with van der Waals surface area (Å²) in [5.41, 5.74) is 6.39. The van der Waals surface area contributed by atoms with Crippen LogP contribution in [0.2, 0.25) is 0 Å². The van der Waals surface area contributed by atoms with E-state index in [1.165, 1.54) is 19.6 Å². The van der Waals surface area contributed by atoms with Crippen molar-refractivity contribution in [3.05, 3.63) is 167 Å². The normalized spacial score (nSPS) is 15.5. The molecule has 0 amide bonds. The molecule has 6 aromatic rings. The van der Waals surface area contributed by atoms with Gasteiger partial charge >= 0.3 is 0 Å². The Morgan fingerprint density at radius 3 is 1.80 bits per heavy atom. The SMILES string of the molecule is C(=C1\C(c2ccccc2)=NOC1c1ccccc1)/c1ccc(-c2ccc(N(c3ccccc3)c3ccccc3)s2)s1. The molecular formula is C36H26N2OS2. The number of rotatable bonds is 7. The molecule has 3 nitrogen and oxygen atoms in total. The fourth-order valence-electron chi connectivity index (χ4n) is 5.02. The number of thiophene rings is 2. The minimum atomic E-state index is -0.240. The van der Waals surface area contributed by atoms with E-state index in [1.54, 1.807) is 22.7 Å². The zero-order valence-electron chi connectivity index (χ0n) is 22.1. The largest absolute Gasteiger partial charge is 0.382 e. The Balaban J connectivity index is 1.23. The van der Waals surface area contributed by atoms with Gasteiger partial charge in [-0.25, -0.2) is 0 Å². The van der Waals surface area contributed by atoms with Crippen LogP contribution >= 0.6 is 22.7 Å². The maximum absolute atomic E-state index is 6.02. The minimum absolute atomic E-state index is 0.240. The van der Waals surface area contributed by atoms with Crippen LogP contribution in [0, 0.1) is 0 Å². The summed E-state index contributed by atoms with van der Waals surface area (Å²) in [6, 6.07) is 50.5. The third-order valence-electron chi connectivity index (χ3n) is 6.96. The lowest BCUT2D eigenvalue weighted by Crippen LogP contribution is -2.07. The summed E-state index contributed by atoms with van der Waals surface area (Å²) in [4.78, 5) is 12.0. The van der Waals surface area contributed by atoms with Crippen molar-refractivity contribution in [1.29, 1.82) is 0 Å². The molecule has 3 heterocycles. The van der Waals surface area contributed by atoms with Gasteiger partial charge in [0, 0.05) is 37.1 Å². The Kier molecular flexibility index (Phi) is 7.04. The first-order valence-electron chi connectivity index (χ1n) is 13.5. The van der Waals surface area contributed by atoms with Gasteiger partial charge in [0.05, 0.1) is 0 Å². The van der Waals surface area contributed by atoms with Crippen LogP contribution < -0.4 is 4.90 Å². The van der Waals surface area contributed by atoms with Gasteiger partial charge in [-0.3, -0.25) is 0 Å². The Morgan fingerprint density at radius 1 is 0.585 bits per heavy atom. The molecule has 1 aliphatic heterocycles. The highest BCUT2D eigenvalue weighted by Gasteiger charge is 2.30. The van der Waals surface area contributed by atoms with Crippen LogP contribution in [-0.2, 0) is 4.84 Å². The molecular weight excluding hydrogens is 541 g/mol. The van der Waals surface area contributed by atoms with Crippen LogP contribution in [0.25, 0.3) is 15.8 Å². The number of benzene rings is 4. The topological polar surface area (TPSA) is 24.8 Å². The molecule has 198 valence electrons. The van der Waals surface area contributed by atoms with E-state index in [0.29, 0.717) is 0 Å². The van der Waals surface area contributed by atoms with Crippen molar-refractivity contribution in [2.45, 2.75) is 6.10 Å². The molecule has 4 aromatic carbocycles. The van der Waals surface area contributed by atoms with Crippen LogP contribution in [0.15, 0.2) is 156 Å². The van der Waals surface area contributed by atoms with E-state index in [9.17, 15) is 0 Å². The van der Waals surface area contributed by atoms with Crippen LogP contribution in [0.3, 0.4) is 0 Å². The summed E-state index contributed by atoms with van der Waals surface area (Å²) in [6.07, 6.45) is 2.00. The second kappa shape index (κ2) is 11.4. The quantitative estimate of drug-likeness (QED) is 0.192. The lowest BCUT2D eigenvalue weighted by molar-refractivity contribution is 0.105. The molecule has 1 unspecified atom stereocenters. The average Bonchev–Trinajstić information content (AvgIpc) is 3.80. The smallest absolute Gasteiger partial charge is 0.180 e. The molecule has 1 atom stereocenters. The number of nitrogens with zero attached hydrogens (tertiary/aromatic N) is 2. The first-order valence-corrected chi connectivity index (χ1v) is 15.1. The fourth-order valence-corrected chi connectivity index (χ4v) is 7.12. The van der Waals surface area contributed by atoms with Crippen LogP contribution in [0.1, 0.15) is 22.1 Å². The third kappa shape index (κ3) is 5.25. The van der Waals surface area contributed by atoms with Gasteiger partial charge in [-0.2, -0.15) is 0 Å². The molecule has 0 spiro atoms. The van der Waals surface area contributed by atoms with Crippen molar-refractivity contribution in [3.63, 3.8) is 0 Å². The van der Waals surface area contributed by atoms with E-state index < -0.39 is 0 Å². The molecule has 0 bridgehead atoms. The van der Waals surface area contributed by atoms with Crippen LogP contribution in [-0.4, -0.2) is 5.71 Å². The second-order valence-electron chi connectivity index (χ2n) is 9.65. The Bertz CT molecular complexity index is 1770. The van der Waals surface area contributed by atoms with Gasteiger partial charge in [0.15, 0.2) is 6.10 Å². The molecule has 0 fully saturated rings. The number of oxime groups is 1. The van der Waals surface area contributed by atoms with Crippen LogP contribution in [0.5, 0.6) is 0 Å². The van der Waals surface area contributed by atoms with E-state index in [-0.39, 0.29) is 6.10 Å². The van der Waals surface area contributed by atoms with E-state index >= 15 is 0 Å². The van der Waals surface area contributed by atoms with Crippen molar-refractivity contribution in [3.8, 4) is 9.75 Å². The summed E-state index contributed by atoms with van der Waals surface area (Å²) in [6.45, 7) is 0. The molecule has 0 radical (unpaired) electrons. The molecule has 0 saturated carbocycles. The molecule has 0 saturated heterocycles. The van der Waals surface area contributed by atoms with Crippen molar-refractivity contribution in [2.75, 3.05) is 4.90 Å². The predicted molar refractivity (Wildman–Crippen MR) is 174 cm³/mol. The Morgan fingerprint density at radius 2 is 1.15 bits per heavy atom. The van der Waals surface area contributed by atoms with Gasteiger partial charge in [-0.05, 0) is 60.2 Å². The lowest BCUT2D eigenvalue weighted by atomic mass is 9.94. The number of anilines is 3. The fraction of sp³-hybridized carbons (Fsp3) is 0.0278. The molecule has 41 heavy (non-hydrogen) atoms. The molecule has 0 aliphatic carbocycles. The Hall–Kier alpha value is -4.71. The summed E-state index contributed by atoms with van der Waals surface area (Å²) in [5.74, 6) is 0. The predicted octanol–water partition coefficient (Wildman–Crippen LogP) is 10.5.